The molecule has 3 heterocycles. The second-order valence-electron chi connectivity index (χ2n) is 5.30. The highest BCUT2D eigenvalue weighted by Crippen LogP contribution is 2.26. The fraction of sp³-hybridized carbons (Fsp3) is 0.250. The maximum absolute atomic E-state index is 6.24. The number of hydrogen-bond acceptors (Lipinski definition) is 4. The van der Waals surface area contributed by atoms with Crippen LogP contribution in [0.2, 0.25) is 5.15 Å². The zero-order chi connectivity index (χ0) is 14.2. The van der Waals surface area contributed by atoms with Crippen LogP contribution < -0.4 is 0 Å². The van der Waals surface area contributed by atoms with E-state index in [4.69, 9.17) is 11.6 Å². The first-order valence-corrected chi connectivity index (χ1v) is 8.24. The van der Waals surface area contributed by atoms with Crippen molar-refractivity contribution in [1.82, 2.24) is 14.9 Å². The van der Waals surface area contributed by atoms with Gasteiger partial charge in [-0.1, -0.05) is 35.9 Å². The Bertz CT molecular complexity index is 799. The Morgan fingerprint density at radius 3 is 2.90 bits per heavy atom. The van der Waals surface area contributed by atoms with Crippen molar-refractivity contribution in [2.75, 3.05) is 6.54 Å². The number of hydrogen-bond donors (Lipinski definition) is 0. The highest BCUT2D eigenvalue weighted by atomic mass is 35.5. The van der Waals surface area contributed by atoms with Gasteiger partial charge in [0.2, 0.25) is 0 Å². The van der Waals surface area contributed by atoms with Crippen LogP contribution in [-0.4, -0.2) is 21.4 Å². The van der Waals surface area contributed by atoms with E-state index >= 15 is 0 Å². The van der Waals surface area contributed by atoms with Gasteiger partial charge in [-0.2, -0.15) is 0 Å². The van der Waals surface area contributed by atoms with Crippen LogP contribution in [0.4, 0.5) is 0 Å². The lowest BCUT2D eigenvalue weighted by Crippen LogP contribution is -2.30. The topological polar surface area (TPSA) is 29.0 Å². The van der Waals surface area contributed by atoms with Crippen molar-refractivity contribution in [2.45, 2.75) is 19.5 Å². The lowest BCUT2D eigenvalue weighted by atomic mass is 10.00. The summed E-state index contributed by atoms with van der Waals surface area (Å²) in [6.45, 7) is 2.75. The van der Waals surface area contributed by atoms with Crippen LogP contribution in [0.5, 0.6) is 0 Å². The minimum Gasteiger partial charge on any atom is -0.291 e. The molecule has 3 nitrogen and oxygen atoms in total. The van der Waals surface area contributed by atoms with Crippen molar-refractivity contribution >= 4 is 33.2 Å². The number of halogens is 1. The zero-order valence-electron chi connectivity index (χ0n) is 11.4. The maximum atomic E-state index is 6.24. The van der Waals surface area contributed by atoms with E-state index in [9.17, 15) is 0 Å². The van der Waals surface area contributed by atoms with Gasteiger partial charge in [-0.15, -0.1) is 11.3 Å². The molecule has 0 saturated carbocycles. The molecule has 0 N–H and O–H groups in total. The molecule has 5 heteroatoms. The van der Waals surface area contributed by atoms with E-state index in [2.05, 4.69) is 39.1 Å². The molecular formula is C16H14ClN3S. The summed E-state index contributed by atoms with van der Waals surface area (Å²) in [6, 6.07) is 10.6. The molecule has 4 rings (SSSR count). The molecule has 1 aliphatic rings. The lowest BCUT2D eigenvalue weighted by molar-refractivity contribution is 0.240. The predicted octanol–water partition coefficient (Wildman–Crippen LogP) is 3.90. The Morgan fingerprint density at radius 1 is 1.14 bits per heavy atom. The zero-order valence-corrected chi connectivity index (χ0v) is 13.0. The highest BCUT2D eigenvalue weighted by Gasteiger charge is 2.17. The second-order valence-corrected chi connectivity index (χ2v) is 6.55. The average Bonchev–Trinajstić information content (AvgIpc) is 2.96. The van der Waals surface area contributed by atoms with Gasteiger partial charge >= 0.3 is 0 Å². The smallest absolute Gasteiger partial charge is 0.145 e. The summed E-state index contributed by atoms with van der Waals surface area (Å²) in [6.07, 6.45) is 1.09. The molecular weight excluding hydrogens is 302 g/mol. The first-order chi connectivity index (χ1) is 10.3. The van der Waals surface area contributed by atoms with Crippen LogP contribution in [0.15, 0.2) is 35.7 Å². The number of nitrogens with zero attached hydrogens (tertiary/aromatic N) is 3. The van der Waals surface area contributed by atoms with Crippen molar-refractivity contribution in [3.63, 3.8) is 0 Å². The first-order valence-electron chi connectivity index (χ1n) is 6.98. The molecule has 106 valence electrons. The van der Waals surface area contributed by atoms with Gasteiger partial charge in [0.15, 0.2) is 0 Å². The molecule has 0 amide bonds. The lowest BCUT2D eigenvalue weighted by Gasteiger charge is -2.28. The molecule has 3 aromatic rings. The third-order valence-corrected chi connectivity index (χ3v) is 4.99. The number of fused-ring (bicyclic) bond motifs is 2. The second kappa shape index (κ2) is 5.37. The van der Waals surface area contributed by atoms with Gasteiger partial charge in [-0.05, 0) is 29.0 Å². The fourth-order valence-electron chi connectivity index (χ4n) is 2.82. The van der Waals surface area contributed by atoms with Gasteiger partial charge in [0, 0.05) is 18.5 Å². The van der Waals surface area contributed by atoms with Gasteiger partial charge in [0.25, 0.3) is 0 Å². The van der Waals surface area contributed by atoms with E-state index in [0.717, 1.165) is 42.1 Å². The van der Waals surface area contributed by atoms with Crippen molar-refractivity contribution < 1.29 is 0 Å². The summed E-state index contributed by atoms with van der Waals surface area (Å²) < 4.78 is 0. The minimum absolute atomic E-state index is 0.564. The summed E-state index contributed by atoms with van der Waals surface area (Å²) in [7, 11) is 0. The monoisotopic (exact) mass is 315 g/mol. The molecule has 0 fully saturated rings. The Balaban J connectivity index is 1.58. The van der Waals surface area contributed by atoms with E-state index < -0.39 is 0 Å². The standard InChI is InChI=1S/C16H14ClN3S/c17-15-13-6-8-21-16(13)19-14(18-15)10-20-7-5-11-3-1-2-4-12(11)9-20/h1-4,6,8H,5,7,9-10H2. The molecule has 2 aromatic heterocycles. The number of benzene rings is 1. The van der Waals surface area contributed by atoms with Crippen LogP contribution in [-0.2, 0) is 19.5 Å². The normalized spacial score (nSPS) is 15.3. The SMILES string of the molecule is Clc1nc(CN2CCc3ccccc3C2)nc2sccc12. The number of aromatic nitrogens is 2. The van der Waals surface area contributed by atoms with Crippen LogP contribution in [0.1, 0.15) is 17.0 Å². The average molecular weight is 316 g/mol. The first kappa shape index (κ1) is 13.2. The maximum Gasteiger partial charge on any atom is 0.145 e. The summed E-state index contributed by atoms with van der Waals surface area (Å²) in [5.74, 6) is 0.814. The Kier molecular flexibility index (Phi) is 3.37. The van der Waals surface area contributed by atoms with Gasteiger partial charge in [-0.3, -0.25) is 4.90 Å². The third-order valence-electron chi connectivity index (χ3n) is 3.90. The van der Waals surface area contributed by atoms with Crippen molar-refractivity contribution in [3.05, 3.63) is 57.8 Å². The van der Waals surface area contributed by atoms with Gasteiger partial charge in [0.1, 0.15) is 15.8 Å². The molecule has 0 unspecified atom stereocenters. The summed E-state index contributed by atoms with van der Waals surface area (Å²) in [5, 5.41) is 3.52. The molecule has 0 bridgehead atoms. The number of rotatable bonds is 2. The molecule has 1 aliphatic heterocycles. The fourth-order valence-corrected chi connectivity index (χ4v) is 3.91. The van der Waals surface area contributed by atoms with E-state index in [1.54, 1.807) is 11.3 Å². The van der Waals surface area contributed by atoms with Crippen LogP contribution >= 0.6 is 22.9 Å². The molecule has 21 heavy (non-hydrogen) atoms. The van der Waals surface area contributed by atoms with Crippen LogP contribution in [0.3, 0.4) is 0 Å². The summed E-state index contributed by atoms with van der Waals surface area (Å²) in [5.41, 5.74) is 2.87. The molecule has 0 spiro atoms. The van der Waals surface area contributed by atoms with Crippen LogP contribution in [0.25, 0.3) is 10.2 Å². The van der Waals surface area contributed by atoms with Crippen molar-refractivity contribution in [3.8, 4) is 0 Å². The van der Waals surface area contributed by atoms with Crippen molar-refractivity contribution in [1.29, 1.82) is 0 Å². The van der Waals surface area contributed by atoms with E-state index in [1.807, 2.05) is 11.4 Å². The minimum atomic E-state index is 0.564. The molecule has 1 aromatic carbocycles. The Morgan fingerprint density at radius 2 is 2.00 bits per heavy atom. The van der Waals surface area contributed by atoms with Crippen molar-refractivity contribution in [2.24, 2.45) is 0 Å². The van der Waals surface area contributed by atoms with E-state index in [-0.39, 0.29) is 0 Å². The Labute approximate surface area is 132 Å². The quantitative estimate of drug-likeness (QED) is 0.672. The van der Waals surface area contributed by atoms with Gasteiger partial charge in [0.05, 0.1) is 6.54 Å². The molecule has 0 radical (unpaired) electrons. The molecule has 0 aliphatic carbocycles. The van der Waals surface area contributed by atoms with Gasteiger partial charge in [-0.25, -0.2) is 9.97 Å². The summed E-state index contributed by atoms with van der Waals surface area (Å²) >= 11 is 7.85. The third kappa shape index (κ3) is 2.55. The number of thiophene rings is 1. The van der Waals surface area contributed by atoms with E-state index in [1.165, 1.54) is 11.1 Å². The predicted molar refractivity (Wildman–Crippen MR) is 86.7 cm³/mol. The molecule has 0 atom stereocenters. The summed E-state index contributed by atoms with van der Waals surface area (Å²) in [4.78, 5) is 12.4. The van der Waals surface area contributed by atoms with Crippen LogP contribution in [0, 0.1) is 0 Å². The highest BCUT2D eigenvalue weighted by molar-refractivity contribution is 7.16. The molecule has 0 saturated heterocycles. The van der Waals surface area contributed by atoms with E-state index in [0.29, 0.717) is 5.15 Å². The largest absolute Gasteiger partial charge is 0.291 e. The Hall–Kier alpha value is -1.49. The van der Waals surface area contributed by atoms with Gasteiger partial charge < -0.3 is 0 Å².